The van der Waals surface area contributed by atoms with Gasteiger partial charge >= 0.3 is 0 Å². The first-order chi connectivity index (χ1) is 9.51. The molecule has 1 N–H and O–H groups in total. The highest BCUT2D eigenvalue weighted by Gasteiger charge is 2.22. The molecule has 0 aliphatic carbocycles. The fourth-order valence-electron chi connectivity index (χ4n) is 2.60. The third-order valence-corrected chi connectivity index (χ3v) is 4.23. The molecule has 1 aliphatic rings. The number of aryl methyl sites for hydroxylation is 1. The summed E-state index contributed by atoms with van der Waals surface area (Å²) in [6, 6.07) is 4.44. The number of benzene rings is 1. The fourth-order valence-corrected chi connectivity index (χ4v) is 3.15. The molecule has 20 heavy (non-hydrogen) atoms. The van der Waals surface area contributed by atoms with Gasteiger partial charge in [0.15, 0.2) is 0 Å². The molecule has 0 unspecified atom stereocenters. The van der Waals surface area contributed by atoms with Crippen LogP contribution in [0.25, 0.3) is 0 Å². The Hall–Kier alpha value is -1.23. The van der Waals surface area contributed by atoms with Gasteiger partial charge in [-0.2, -0.15) is 0 Å². The maximum Gasteiger partial charge on any atom is 0.219 e. The van der Waals surface area contributed by atoms with Crippen LogP contribution in [0.15, 0.2) is 16.6 Å². The number of rotatable bonds is 3. The van der Waals surface area contributed by atoms with Gasteiger partial charge in [-0.25, -0.2) is 0 Å². The maximum atomic E-state index is 11.3. The van der Waals surface area contributed by atoms with Gasteiger partial charge in [-0.15, -0.1) is 0 Å². The summed E-state index contributed by atoms with van der Waals surface area (Å²) in [5.74, 6) is 1.02. The van der Waals surface area contributed by atoms with Gasteiger partial charge in [-0.05, 0) is 37.5 Å². The molecule has 1 saturated heterocycles. The van der Waals surface area contributed by atoms with Crippen molar-refractivity contribution >= 4 is 27.5 Å². The molecular weight excluding hydrogens is 320 g/mol. The predicted octanol–water partition coefficient (Wildman–Crippen LogP) is 3.19. The van der Waals surface area contributed by atoms with E-state index in [2.05, 4.69) is 34.2 Å². The molecule has 1 aromatic carbocycles. The molecule has 0 radical (unpaired) electrons. The van der Waals surface area contributed by atoms with E-state index in [9.17, 15) is 4.79 Å². The van der Waals surface area contributed by atoms with E-state index in [1.54, 1.807) is 14.0 Å². The van der Waals surface area contributed by atoms with Gasteiger partial charge in [0.05, 0.1) is 12.8 Å². The number of nitrogens with zero attached hydrogens (tertiary/aromatic N) is 1. The van der Waals surface area contributed by atoms with Crippen molar-refractivity contribution in [3.05, 3.63) is 22.2 Å². The summed E-state index contributed by atoms with van der Waals surface area (Å²) in [6.45, 7) is 5.35. The van der Waals surface area contributed by atoms with Crippen molar-refractivity contribution in [1.29, 1.82) is 0 Å². The topological polar surface area (TPSA) is 41.6 Å². The number of nitrogens with one attached hydrogen (secondary N) is 1. The number of carbonyl (C=O) groups is 1. The van der Waals surface area contributed by atoms with E-state index >= 15 is 0 Å². The molecule has 0 bridgehead atoms. The number of carbonyl (C=O) groups excluding carboxylic acids is 1. The van der Waals surface area contributed by atoms with Crippen LogP contribution < -0.4 is 10.1 Å². The van der Waals surface area contributed by atoms with E-state index in [1.165, 1.54) is 0 Å². The lowest BCUT2D eigenvalue weighted by Crippen LogP contribution is -2.41. The summed E-state index contributed by atoms with van der Waals surface area (Å²) < 4.78 is 6.47. The molecule has 0 spiro atoms. The molecule has 0 aromatic heterocycles. The zero-order chi connectivity index (χ0) is 14.7. The number of anilines is 1. The molecule has 1 aliphatic heterocycles. The summed E-state index contributed by atoms with van der Waals surface area (Å²) >= 11 is 3.49. The van der Waals surface area contributed by atoms with Crippen LogP contribution in [-0.2, 0) is 4.79 Å². The smallest absolute Gasteiger partial charge is 0.219 e. The quantitative estimate of drug-likeness (QED) is 0.918. The number of methoxy groups -OCH3 is 1. The van der Waals surface area contributed by atoms with E-state index in [0.29, 0.717) is 6.04 Å². The van der Waals surface area contributed by atoms with Crippen molar-refractivity contribution in [2.24, 2.45) is 0 Å². The Bertz CT molecular complexity index is 497. The van der Waals surface area contributed by atoms with Gasteiger partial charge in [-0.1, -0.05) is 15.9 Å². The third kappa shape index (κ3) is 3.45. The van der Waals surface area contributed by atoms with Crippen LogP contribution in [-0.4, -0.2) is 37.0 Å². The molecule has 0 saturated carbocycles. The molecule has 1 fully saturated rings. The van der Waals surface area contributed by atoms with Crippen LogP contribution in [0, 0.1) is 6.92 Å². The molecular formula is C15H21BrN2O2. The van der Waals surface area contributed by atoms with E-state index in [0.717, 1.165) is 47.4 Å². The molecule has 5 heteroatoms. The van der Waals surface area contributed by atoms with E-state index < -0.39 is 0 Å². The zero-order valence-electron chi connectivity index (χ0n) is 12.2. The standard InChI is InChI=1S/C15H21BrN2O2/c1-10-8-12(16)9-14(20-3)15(10)17-13-4-6-18(7-5-13)11(2)19/h8-9,13,17H,4-7H2,1-3H3. The van der Waals surface area contributed by atoms with Gasteiger partial charge in [0, 0.05) is 30.5 Å². The third-order valence-electron chi connectivity index (χ3n) is 3.77. The first-order valence-corrected chi connectivity index (χ1v) is 7.66. The lowest BCUT2D eigenvalue weighted by molar-refractivity contribution is -0.129. The highest BCUT2D eigenvalue weighted by molar-refractivity contribution is 9.10. The molecule has 2 rings (SSSR count). The Kier molecular flexibility index (Phi) is 4.91. The number of ether oxygens (including phenoxy) is 1. The first kappa shape index (κ1) is 15.2. The number of amides is 1. The summed E-state index contributed by atoms with van der Waals surface area (Å²) in [5, 5.41) is 3.57. The summed E-state index contributed by atoms with van der Waals surface area (Å²) in [4.78, 5) is 13.2. The minimum Gasteiger partial charge on any atom is -0.495 e. The Labute approximate surface area is 128 Å². The Morgan fingerprint density at radius 3 is 2.60 bits per heavy atom. The lowest BCUT2D eigenvalue weighted by Gasteiger charge is -2.33. The average Bonchev–Trinajstić information content (AvgIpc) is 2.42. The predicted molar refractivity (Wildman–Crippen MR) is 84.3 cm³/mol. The van der Waals surface area contributed by atoms with Gasteiger partial charge in [-0.3, -0.25) is 4.79 Å². The molecule has 0 atom stereocenters. The molecule has 110 valence electrons. The Morgan fingerprint density at radius 2 is 2.05 bits per heavy atom. The molecule has 1 heterocycles. The normalized spacial score (nSPS) is 16.1. The Balaban J connectivity index is 2.06. The van der Waals surface area contributed by atoms with Crippen molar-refractivity contribution in [3.8, 4) is 5.75 Å². The Morgan fingerprint density at radius 1 is 1.40 bits per heavy atom. The number of likely N-dealkylation sites (tertiary alicyclic amines) is 1. The second-order valence-electron chi connectivity index (χ2n) is 5.22. The van der Waals surface area contributed by atoms with E-state index in [-0.39, 0.29) is 5.91 Å². The summed E-state index contributed by atoms with van der Waals surface area (Å²) in [6.07, 6.45) is 1.94. The van der Waals surface area contributed by atoms with Gasteiger partial charge in [0.1, 0.15) is 5.75 Å². The van der Waals surface area contributed by atoms with Crippen molar-refractivity contribution < 1.29 is 9.53 Å². The van der Waals surface area contributed by atoms with Crippen molar-refractivity contribution in [2.75, 3.05) is 25.5 Å². The van der Waals surface area contributed by atoms with Crippen LogP contribution >= 0.6 is 15.9 Å². The fraction of sp³-hybridized carbons (Fsp3) is 0.533. The van der Waals surface area contributed by atoms with Crippen LogP contribution in [0.1, 0.15) is 25.3 Å². The lowest BCUT2D eigenvalue weighted by atomic mass is 10.0. The molecule has 1 aromatic rings. The molecule has 4 nitrogen and oxygen atoms in total. The SMILES string of the molecule is COc1cc(Br)cc(C)c1NC1CCN(C(C)=O)CC1. The average molecular weight is 341 g/mol. The van der Waals surface area contributed by atoms with Crippen molar-refractivity contribution in [1.82, 2.24) is 4.90 Å². The number of piperidine rings is 1. The second-order valence-corrected chi connectivity index (χ2v) is 6.14. The number of hydrogen-bond acceptors (Lipinski definition) is 3. The van der Waals surface area contributed by atoms with Crippen LogP contribution in [0.3, 0.4) is 0 Å². The van der Waals surface area contributed by atoms with Crippen LogP contribution in [0.2, 0.25) is 0 Å². The van der Waals surface area contributed by atoms with Crippen LogP contribution in [0.5, 0.6) is 5.75 Å². The summed E-state index contributed by atoms with van der Waals surface area (Å²) in [5.41, 5.74) is 2.21. The minimum absolute atomic E-state index is 0.167. The summed E-state index contributed by atoms with van der Waals surface area (Å²) in [7, 11) is 1.69. The van der Waals surface area contributed by atoms with Gasteiger partial charge in [0.25, 0.3) is 0 Å². The zero-order valence-corrected chi connectivity index (χ0v) is 13.8. The molecule has 1 amide bonds. The monoisotopic (exact) mass is 340 g/mol. The van der Waals surface area contributed by atoms with E-state index in [4.69, 9.17) is 4.74 Å². The highest BCUT2D eigenvalue weighted by atomic mass is 79.9. The van der Waals surface area contributed by atoms with Crippen LogP contribution in [0.4, 0.5) is 5.69 Å². The number of halogens is 1. The van der Waals surface area contributed by atoms with Crippen molar-refractivity contribution in [2.45, 2.75) is 32.7 Å². The van der Waals surface area contributed by atoms with Gasteiger partial charge < -0.3 is 15.0 Å². The largest absolute Gasteiger partial charge is 0.495 e. The second kappa shape index (κ2) is 6.48. The first-order valence-electron chi connectivity index (χ1n) is 6.87. The minimum atomic E-state index is 0.167. The van der Waals surface area contributed by atoms with Crippen molar-refractivity contribution in [3.63, 3.8) is 0 Å². The number of hydrogen-bond donors (Lipinski definition) is 1. The van der Waals surface area contributed by atoms with Gasteiger partial charge in [0.2, 0.25) is 5.91 Å². The van der Waals surface area contributed by atoms with E-state index in [1.807, 2.05) is 11.0 Å². The highest BCUT2D eigenvalue weighted by Crippen LogP contribution is 2.33. The maximum absolute atomic E-state index is 11.3.